The molecule has 0 radical (unpaired) electrons. The van der Waals surface area contributed by atoms with Crippen molar-refractivity contribution in [2.75, 3.05) is 48.6 Å². The van der Waals surface area contributed by atoms with Gasteiger partial charge in [0.15, 0.2) is 16.6 Å². The lowest BCUT2D eigenvalue weighted by atomic mass is 9.79. The third kappa shape index (κ3) is 13.4. The van der Waals surface area contributed by atoms with E-state index in [0.29, 0.717) is 18.8 Å². The Balaban J connectivity index is 0.000000587. The van der Waals surface area contributed by atoms with Crippen LogP contribution in [0.2, 0.25) is 44.3 Å². The Morgan fingerprint density at radius 1 is 0.630 bits per heavy atom. The van der Waals surface area contributed by atoms with Gasteiger partial charge in [0.2, 0.25) is 0 Å². The molecule has 0 saturated carbocycles. The molecule has 2 heterocycles. The third-order valence-corrected chi connectivity index (χ3v) is 21.4. The minimum absolute atomic E-state index is 0.171. The summed E-state index contributed by atoms with van der Waals surface area (Å²) in [6, 6.07) is 2.93. The van der Waals surface area contributed by atoms with E-state index in [0.717, 1.165) is 56.8 Å². The van der Waals surface area contributed by atoms with Gasteiger partial charge in [-0.05, 0) is 140 Å². The second-order valence-electron chi connectivity index (χ2n) is 17.4. The van der Waals surface area contributed by atoms with Crippen molar-refractivity contribution in [3.63, 3.8) is 0 Å². The maximum absolute atomic E-state index is 6.80. The summed E-state index contributed by atoms with van der Waals surface area (Å²) in [6.45, 7) is 33.0. The molecular weight excluding hydrogens is 629 g/mol. The summed E-state index contributed by atoms with van der Waals surface area (Å²) in [6.07, 6.45) is 7.99. The largest absolute Gasteiger partial charge is 0.499 e. The predicted octanol–water partition coefficient (Wildman–Crippen LogP) is 8.19. The topological polar surface area (TPSA) is 61.9 Å². The van der Waals surface area contributed by atoms with Crippen LogP contribution in [0, 0.1) is 0 Å². The molecule has 0 N–H and O–H groups in total. The molecule has 0 aromatic heterocycles. The molecule has 274 valence electrons. The molecule has 2 rings (SSSR count). The van der Waals surface area contributed by atoms with Gasteiger partial charge in [0, 0.05) is 56.1 Å². The maximum atomic E-state index is 6.80. The van der Waals surface area contributed by atoms with Crippen molar-refractivity contribution in [1.82, 2.24) is 9.80 Å². The van der Waals surface area contributed by atoms with E-state index in [4.69, 9.17) is 26.9 Å². The standard InChI is InChI=1S/C22H51NO5Si3.C13H25NO/c1-21(2)18-20(19-22(3,4)23(21)5)27-14-13-15-29(9,10)28-30(11,12)16-17-31(24-6,25-7)26-8;1-7-8-15-11-9-12(2,3)14(6)13(4,5)10-11/h20H,13-19H2,1-12H3;7,11H,1,8-10H2,2-6H3. The van der Waals surface area contributed by atoms with E-state index in [1.54, 1.807) is 21.3 Å². The lowest BCUT2D eigenvalue weighted by Gasteiger charge is -2.53. The van der Waals surface area contributed by atoms with Gasteiger partial charge in [0.1, 0.15) is 0 Å². The van der Waals surface area contributed by atoms with E-state index in [1.165, 1.54) is 0 Å². The highest BCUT2D eigenvalue weighted by Gasteiger charge is 2.45. The minimum Gasteiger partial charge on any atom is -0.456 e. The van der Waals surface area contributed by atoms with Crippen LogP contribution in [0.5, 0.6) is 0 Å². The van der Waals surface area contributed by atoms with Crippen molar-refractivity contribution in [1.29, 1.82) is 0 Å². The molecular formula is C35H76N2O6Si3. The second kappa shape index (κ2) is 17.3. The first-order chi connectivity index (χ1) is 20.8. The van der Waals surface area contributed by atoms with E-state index in [-0.39, 0.29) is 22.2 Å². The van der Waals surface area contributed by atoms with E-state index >= 15 is 0 Å². The summed E-state index contributed by atoms with van der Waals surface area (Å²) in [7, 11) is 3.38. The SMILES string of the molecule is C=CCOC1CC(C)(C)N(C)C(C)(C)C1.CO[Si](CC[Si](C)(C)O[Si](C)(C)CCCOC1CC(C)(C)N(C)C(C)(C)C1)(OC)OC. The fraction of sp³-hybridized carbons (Fsp3) is 0.943. The number of ether oxygens (including phenoxy) is 2. The van der Waals surface area contributed by atoms with Gasteiger partial charge in [-0.1, -0.05) is 6.08 Å². The van der Waals surface area contributed by atoms with Crippen LogP contribution in [0.25, 0.3) is 0 Å². The molecule has 0 aromatic carbocycles. The van der Waals surface area contributed by atoms with Crippen LogP contribution >= 0.6 is 0 Å². The number of likely N-dealkylation sites (tertiary alicyclic amines) is 2. The van der Waals surface area contributed by atoms with E-state index in [1.807, 2.05) is 6.08 Å². The number of hydrogen-bond donors (Lipinski definition) is 0. The fourth-order valence-electron chi connectivity index (χ4n) is 7.61. The zero-order chi connectivity index (χ0) is 35.8. The third-order valence-electron chi connectivity index (χ3n) is 10.8. The first kappa shape index (κ1) is 44.1. The second-order valence-corrected chi connectivity index (χ2v) is 29.4. The van der Waals surface area contributed by atoms with Crippen LogP contribution in [0.3, 0.4) is 0 Å². The van der Waals surface area contributed by atoms with E-state index in [9.17, 15) is 0 Å². The molecule has 2 saturated heterocycles. The Morgan fingerprint density at radius 2 is 1.00 bits per heavy atom. The Bertz CT molecular complexity index is 880. The van der Waals surface area contributed by atoms with Gasteiger partial charge in [-0.25, -0.2) is 0 Å². The predicted molar refractivity (Wildman–Crippen MR) is 202 cm³/mol. The van der Waals surface area contributed by atoms with Crippen molar-refractivity contribution in [2.45, 2.75) is 166 Å². The van der Waals surface area contributed by atoms with Gasteiger partial charge in [0.05, 0.1) is 18.8 Å². The summed E-state index contributed by atoms with van der Waals surface area (Å²) in [4.78, 5) is 4.97. The highest BCUT2D eigenvalue weighted by Crippen LogP contribution is 2.39. The van der Waals surface area contributed by atoms with Gasteiger partial charge >= 0.3 is 8.80 Å². The van der Waals surface area contributed by atoms with Crippen molar-refractivity contribution in [3.05, 3.63) is 12.7 Å². The molecule has 2 aliphatic heterocycles. The molecule has 0 unspecified atom stereocenters. The van der Waals surface area contributed by atoms with Crippen molar-refractivity contribution < 1.29 is 26.9 Å². The smallest absolute Gasteiger partial charge is 0.456 e. The van der Waals surface area contributed by atoms with Crippen LogP contribution in [-0.4, -0.2) is 118 Å². The van der Waals surface area contributed by atoms with E-state index in [2.05, 4.69) is 112 Å². The van der Waals surface area contributed by atoms with Gasteiger partial charge in [0.25, 0.3) is 0 Å². The van der Waals surface area contributed by atoms with Crippen molar-refractivity contribution in [3.8, 4) is 0 Å². The quantitative estimate of drug-likeness (QED) is 0.0906. The molecule has 0 spiro atoms. The molecule has 0 atom stereocenters. The first-order valence-electron chi connectivity index (χ1n) is 17.5. The lowest BCUT2D eigenvalue weighted by Crippen LogP contribution is -2.60. The fourth-order valence-corrected chi connectivity index (χ4v) is 20.1. The van der Waals surface area contributed by atoms with E-state index < -0.39 is 25.4 Å². The molecule has 46 heavy (non-hydrogen) atoms. The van der Waals surface area contributed by atoms with Gasteiger partial charge in [-0.15, -0.1) is 6.58 Å². The summed E-state index contributed by atoms with van der Waals surface area (Å²) in [5, 5.41) is 0. The zero-order valence-corrected chi connectivity index (χ0v) is 36.4. The molecule has 0 aromatic rings. The Kier molecular flexibility index (Phi) is 16.6. The lowest BCUT2D eigenvalue weighted by molar-refractivity contribution is -0.0912. The number of rotatable bonds is 16. The van der Waals surface area contributed by atoms with Crippen molar-refractivity contribution in [2.24, 2.45) is 0 Å². The minimum atomic E-state index is -2.53. The molecule has 2 aliphatic rings. The highest BCUT2D eigenvalue weighted by atomic mass is 28.4. The number of nitrogens with zero attached hydrogens (tertiary/aromatic N) is 2. The van der Waals surface area contributed by atoms with Crippen LogP contribution < -0.4 is 0 Å². The van der Waals surface area contributed by atoms with Gasteiger partial charge < -0.3 is 26.9 Å². The summed E-state index contributed by atoms with van der Waals surface area (Å²) >= 11 is 0. The highest BCUT2D eigenvalue weighted by molar-refractivity contribution is 6.85. The Morgan fingerprint density at radius 3 is 1.37 bits per heavy atom. The molecule has 2 fully saturated rings. The molecule has 0 amide bonds. The molecule has 8 nitrogen and oxygen atoms in total. The number of hydrogen-bond acceptors (Lipinski definition) is 8. The maximum Gasteiger partial charge on any atom is 0.499 e. The first-order valence-corrected chi connectivity index (χ1v) is 25.7. The van der Waals surface area contributed by atoms with Crippen LogP contribution in [0.1, 0.15) is 87.5 Å². The van der Waals surface area contributed by atoms with Crippen LogP contribution in [0.15, 0.2) is 12.7 Å². The summed E-state index contributed by atoms with van der Waals surface area (Å²) in [5.74, 6) is 0. The summed E-state index contributed by atoms with van der Waals surface area (Å²) < 4.78 is 35.7. The van der Waals surface area contributed by atoms with Crippen LogP contribution in [-0.2, 0) is 26.9 Å². The van der Waals surface area contributed by atoms with Gasteiger partial charge in [-0.2, -0.15) is 0 Å². The van der Waals surface area contributed by atoms with Crippen LogP contribution in [0.4, 0.5) is 0 Å². The Labute approximate surface area is 288 Å². The number of piperidine rings is 2. The molecule has 0 aliphatic carbocycles. The zero-order valence-electron chi connectivity index (χ0n) is 33.4. The average molecular weight is 705 g/mol. The molecule has 0 bridgehead atoms. The normalized spacial score (nSPS) is 22.7. The molecule has 11 heteroatoms. The van der Waals surface area contributed by atoms with Crippen molar-refractivity contribution >= 4 is 25.4 Å². The van der Waals surface area contributed by atoms with Gasteiger partial charge in [-0.3, -0.25) is 9.80 Å². The Hall–Kier alpha value is 0.0706. The summed E-state index contributed by atoms with van der Waals surface area (Å²) in [5.41, 5.74) is 0.774. The monoisotopic (exact) mass is 705 g/mol. The average Bonchev–Trinajstić information content (AvgIpc) is 2.92.